The molecule has 3 atom stereocenters. The minimum atomic E-state index is -0.812. The fraction of sp³-hybridized carbons (Fsp3) is 0.425. The number of pyridine rings is 1. The Morgan fingerprint density at radius 3 is 2.33 bits per heavy atom. The first-order chi connectivity index (χ1) is 23.6. The summed E-state index contributed by atoms with van der Waals surface area (Å²) in [6, 6.07) is 24.7. The van der Waals surface area contributed by atoms with Gasteiger partial charge in [-0.25, -0.2) is 0 Å². The van der Waals surface area contributed by atoms with Gasteiger partial charge in [-0.3, -0.25) is 4.79 Å². The average molecular weight is 685 g/mol. The number of benzene rings is 3. The molecule has 2 bridgehead atoms. The summed E-state index contributed by atoms with van der Waals surface area (Å²) in [6.45, 7) is 13.9. The molecule has 3 fully saturated rings. The molecule has 49 heavy (non-hydrogen) atoms. The molecule has 0 aliphatic carbocycles. The SMILES string of the molecule is C1CN2CCC1CC2.CC/C=C(\O)NC(c1ccccc1)c1cccc(P(C)C(C)(C)CNCC(O)c2ccc(O)c3[nH]c(=O)ccc23)c1. The van der Waals surface area contributed by atoms with Crippen LogP contribution in [0.2, 0.25) is 0 Å². The number of nitrogens with zero attached hydrogens (tertiary/aromatic N) is 1. The Bertz CT molecular complexity index is 1730. The van der Waals surface area contributed by atoms with Gasteiger partial charge in [-0.05, 0) is 104 Å². The van der Waals surface area contributed by atoms with Crippen molar-refractivity contribution in [2.45, 2.75) is 63.8 Å². The molecule has 0 amide bonds. The van der Waals surface area contributed by atoms with E-state index in [0.717, 1.165) is 23.5 Å². The number of aliphatic hydroxyl groups excluding tert-OH is 2. The highest BCUT2D eigenvalue weighted by Gasteiger charge is 2.28. The molecule has 0 spiro atoms. The second-order valence-corrected chi connectivity index (χ2v) is 16.8. The summed E-state index contributed by atoms with van der Waals surface area (Å²) in [6.07, 6.45) is 6.16. The number of fused-ring (bicyclic) bond motifs is 4. The first-order valence-corrected chi connectivity index (χ1v) is 19.3. The second kappa shape index (κ2) is 16.8. The van der Waals surface area contributed by atoms with Gasteiger partial charge in [-0.1, -0.05) is 83.3 Å². The topological polar surface area (TPSA) is 121 Å². The van der Waals surface area contributed by atoms with E-state index in [4.69, 9.17) is 0 Å². The summed E-state index contributed by atoms with van der Waals surface area (Å²) in [7, 11) is -0.599. The van der Waals surface area contributed by atoms with Crippen molar-refractivity contribution in [3.63, 3.8) is 0 Å². The Labute approximate surface area is 292 Å². The summed E-state index contributed by atoms with van der Waals surface area (Å²) in [5.74, 6) is 1.25. The largest absolute Gasteiger partial charge is 0.506 e. The predicted octanol–water partition coefficient (Wildman–Crippen LogP) is 6.66. The van der Waals surface area contributed by atoms with Crippen LogP contribution in [0.5, 0.6) is 5.75 Å². The van der Waals surface area contributed by atoms with Gasteiger partial charge < -0.3 is 35.8 Å². The molecule has 4 aromatic rings. The lowest BCUT2D eigenvalue weighted by Gasteiger charge is -2.38. The highest BCUT2D eigenvalue weighted by molar-refractivity contribution is 7.66. The first-order valence-electron chi connectivity index (χ1n) is 17.6. The number of aromatic amines is 1. The van der Waals surface area contributed by atoms with Crippen molar-refractivity contribution in [3.8, 4) is 5.75 Å². The van der Waals surface area contributed by atoms with Gasteiger partial charge in [0.1, 0.15) is 5.75 Å². The molecule has 6 N–H and O–H groups in total. The van der Waals surface area contributed by atoms with Crippen LogP contribution in [0.1, 0.15) is 75.3 Å². The van der Waals surface area contributed by atoms with E-state index in [2.05, 4.69) is 77.4 Å². The lowest BCUT2D eigenvalue weighted by Crippen LogP contribution is -2.41. The second-order valence-electron chi connectivity index (χ2n) is 14.0. The van der Waals surface area contributed by atoms with E-state index >= 15 is 0 Å². The van der Waals surface area contributed by atoms with Gasteiger partial charge in [-0.2, -0.15) is 0 Å². The molecule has 4 heterocycles. The number of hydrogen-bond acceptors (Lipinski definition) is 7. The standard InChI is InChI=1S/C33H40N3O4P.C7H13N/c1-5-10-29(39)35-31(22-11-7-6-8-12-22)23-13-9-14-24(19-23)41(4)33(2,3)21-34-20-28(38)25-15-17-27(37)32-26(25)16-18-30(40)36-32;1-4-8-5-2-7(1)3-6-8/h6-19,28,31,34-35,37-39H,5,20-21H2,1-4H3,(H,36,40);7H,1-6H2/b29-10-;. The van der Waals surface area contributed by atoms with Gasteiger partial charge in [0.25, 0.3) is 0 Å². The number of nitrogens with one attached hydrogen (secondary N) is 3. The highest BCUT2D eigenvalue weighted by atomic mass is 31.1. The van der Waals surface area contributed by atoms with Crippen molar-refractivity contribution in [2.24, 2.45) is 5.92 Å². The monoisotopic (exact) mass is 684 g/mol. The molecule has 3 unspecified atom stereocenters. The maximum absolute atomic E-state index is 11.7. The molecule has 8 nitrogen and oxygen atoms in total. The number of rotatable bonds is 12. The molecular formula is C40H53N4O4P. The smallest absolute Gasteiger partial charge is 0.248 e. The van der Waals surface area contributed by atoms with Crippen molar-refractivity contribution in [2.75, 3.05) is 39.4 Å². The van der Waals surface area contributed by atoms with Crippen molar-refractivity contribution in [3.05, 3.63) is 118 Å². The normalized spacial score (nSPS) is 19.5. The van der Waals surface area contributed by atoms with Crippen LogP contribution < -0.4 is 21.5 Å². The van der Waals surface area contributed by atoms with Gasteiger partial charge in [0.15, 0.2) is 5.88 Å². The van der Waals surface area contributed by atoms with E-state index in [-0.39, 0.29) is 28.4 Å². The number of piperidine rings is 3. The lowest BCUT2D eigenvalue weighted by molar-refractivity contribution is 0.111. The molecule has 0 saturated carbocycles. The number of phenols is 1. The van der Waals surface area contributed by atoms with Crippen molar-refractivity contribution in [1.82, 2.24) is 20.5 Å². The lowest BCUT2D eigenvalue weighted by atomic mass is 9.89. The minimum absolute atomic E-state index is 0.0251. The zero-order valence-electron chi connectivity index (χ0n) is 29.3. The molecule has 3 aliphatic rings. The Morgan fingerprint density at radius 1 is 1.00 bits per heavy atom. The first kappa shape index (κ1) is 36.6. The predicted molar refractivity (Wildman–Crippen MR) is 203 cm³/mol. The van der Waals surface area contributed by atoms with Crippen LogP contribution in [0.3, 0.4) is 0 Å². The minimum Gasteiger partial charge on any atom is -0.506 e. The third kappa shape index (κ3) is 9.52. The van der Waals surface area contributed by atoms with Crippen molar-refractivity contribution < 1.29 is 15.3 Å². The fourth-order valence-corrected chi connectivity index (χ4v) is 8.52. The van der Waals surface area contributed by atoms with Crippen LogP contribution >= 0.6 is 7.92 Å². The molecule has 7 rings (SSSR count). The van der Waals surface area contributed by atoms with Crippen LogP contribution in [0.15, 0.2) is 95.6 Å². The summed E-state index contributed by atoms with van der Waals surface area (Å²) < 4.78 is 0. The molecule has 3 aromatic carbocycles. The van der Waals surface area contributed by atoms with Crippen LogP contribution in [0.4, 0.5) is 0 Å². The van der Waals surface area contributed by atoms with E-state index in [9.17, 15) is 20.1 Å². The molecule has 0 radical (unpaired) electrons. The van der Waals surface area contributed by atoms with Gasteiger partial charge in [-0.15, -0.1) is 0 Å². The zero-order chi connectivity index (χ0) is 35.0. The molecule has 9 heteroatoms. The van der Waals surface area contributed by atoms with Crippen molar-refractivity contribution >= 4 is 24.1 Å². The van der Waals surface area contributed by atoms with Gasteiger partial charge >= 0.3 is 0 Å². The summed E-state index contributed by atoms with van der Waals surface area (Å²) >= 11 is 0. The Hall–Kier alpha value is -3.68. The molecular weight excluding hydrogens is 631 g/mol. The van der Waals surface area contributed by atoms with Gasteiger partial charge in [0, 0.05) is 29.7 Å². The average Bonchev–Trinajstić information content (AvgIpc) is 3.12. The summed E-state index contributed by atoms with van der Waals surface area (Å²) in [5.41, 5.74) is 2.82. The number of aliphatic hydroxyl groups is 2. The van der Waals surface area contributed by atoms with E-state index in [1.165, 1.54) is 56.3 Å². The Balaban J connectivity index is 0.000000505. The van der Waals surface area contributed by atoms with E-state index in [1.807, 2.05) is 25.1 Å². The number of H-pyrrole nitrogens is 1. The van der Waals surface area contributed by atoms with E-state index in [0.29, 0.717) is 29.6 Å². The van der Waals surface area contributed by atoms with Crippen molar-refractivity contribution in [1.29, 1.82) is 0 Å². The van der Waals surface area contributed by atoms with Gasteiger partial charge in [0.2, 0.25) is 5.56 Å². The molecule has 3 aliphatic heterocycles. The summed E-state index contributed by atoms with van der Waals surface area (Å²) in [4.78, 5) is 17.0. The zero-order valence-corrected chi connectivity index (χ0v) is 30.2. The third-order valence-corrected chi connectivity index (χ3v) is 13.1. The van der Waals surface area contributed by atoms with Crippen LogP contribution in [-0.2, 0) is 0 Å². The number of aromatic nitrogens is 1. The number of phenolic OH excluding ortho intramolecular Hbond substituents is 1. The number of aromatic hydroxyl groups is 1. The van der Waals surface area contributed by atoms with Crippen LogP contribution in [-0.4, -0.2) is 69.7 Å². The quantitative estimate of drug-likeness (QED) is 0.0729. The fourth-order valence-electron chi connectivity index (χ4n) is 6.82. The summed E-state index contributed by atoms with van der Waals surface area (Å²) in [5, 5.41) is 40.1. The Kier molecular flexibility index (Phi) is 12.6. The molecule has 1 aromatic heterocycles. The van der Waals surface area contributed by atoms with E-state index in [1.54, 1.807) is 18.2 Å². The Morgan fingerprint density at radius 2 is 1.69 bits per heavy atom. The van der Waals surface area contributed by atoms with Crippen LogP contribution in [0.25, 0.3) is 10.9 Å². The number of allylic oxidation sites excluding steroid dienone is 1. The molecule has 262 valence electrons. The molecule has 3 saturated heterocycles. The maximum atomic E-state index is 11.7. The van der Waals surface area contributed by atoms with Gasteiger partial charge in [0.05, 0.1) is 17.7 Å². The third-order valence-electron chi connectivity index (χ3n) is 10.0. The van der Waals surface area contributed by atoms with Crippen LogP contribution in [0, 0.1) is 5.92 Å². The number of hydrogen-bond donors (Lipinski definition) is 6. The maximum Gasteiger partial charge on any atom is 0.248 e. The van der Waals surface area contributed by atoms with E-state index < -0.39 is 14.0 Å². The highest BCUT2D eigenvalue weighted by Crippen LogP contribution is 2.45.